The first-order valence-electron chi connectivity index (χ1n) is 8.55. The van der Waals surface area contributed by atoms with E-state index >= 15 is 0 Å². The largest absolute Gasteiger partial charge is 0.347 e. The van der Waals surface area contributed by atoms with Crippen LogP contribution in [-0.4, -0.2) is 37.3 Å². The van der Waals surface area contributed by atoms with Gasteiger partial charge in [0.05, 0.1) is 12.2 Å². The van der Waals surface area contributed by atoms with Crippen LogP contribution in [0.5, 0.6) is 0 Å². The Bertz CT molecular complexity index is 872. The van der Waals surface area contributed by atoms with Crippen molar-refractivity contribution < 1.29 is 0 Å². The van der Waals surface area contributed by atoms with Gasteiger partial charge in [0.2, 0.25) is 0 Å². The van der Waals surface area contributed by atoms with Crippen LogP contribution in [0.25, 0.3) is 0 Å². The first kappa shape index (κ1) is 17.5. The van der Waals surface area contributed by atoms with E-state index in [1.807, 2.05) is 12.3 Å². The van der Waals surface area contributed by atoms with Crippen LogP contribution in [0, 0.1) is 5.92 Å². The lowest BCUT2D eigenvalue weighted by Crippen LogP contribution is -2.49. The molecule has 0 saturated carbocycles. The van der Waals surface area contributed by atoms with E-state index in [4.69, 9.17) is 0 Å². The van der Waals surface area contributed by atoms with Crippen LogP contribution in [0.4, 0.5) is 0 Å². The molecule has 0 spiro atoms. The molecule has 0 N–H and O–H groups in total. The summed E-state index contributed by atoms with van der Waals surface area (Å²) in [7, 11) is 1.71. The van der Waals surface area contributed by atoms with Gasteiger partial charge in [0, 0.05) is 62.0 Å². The Morgan fingerprint density at radius 3 is 2.56 bits per heavy atom. The van der Waals surface area contributed by atoms with Crippen LogP contribution in [-0.2, 0) is 25.6 Å². The molecule has 2 aromatic rings. The number of likely N-dealkylation sites (tertiary alicyclic amines) is 1. The first-order chi connectivity index (χ1) is 11.7. The van der Waals surface area contributed by atoms with Gasteiger partial charge in [-0.2, -0.15) is 5.10 Å². The van der Waals surface area contributed by atoms with E-state index < -0.39 is 0 Å². The van der Waals surface area contributed by atoms with Gasteiger partial charge in [-0.3, -0.25) is 9.69 Å². The Labute approximate surface area is 146 Å². The lowest BCUT2D eigenvalue weighted by molar-refractivity contribution is 0.0760. The zero-order valence-corrected chi connectivity index (χ0v) is 15.3. The molecule has 7 nitrogen and oxygen atoms in total. The molecule has 7 heteroatoms. The van der Waals surface area contributed by atoms with Crippen LogP contribution in [0.3, 0.4) is 0 Å². The maximum absolute atomic E-state index is 12.1. The molecule has 3 rings (SSSR count). The van der Waals surface area contributed by atoms with Gasteiger partial charge < -0.3 is 4.57 Å². The van der Waals surface area contributed by atoms with Gasteiger partial charge in [-0.15, -0.1) is 0 Å². The number of aromatic nitrogens is 4. The normalized spacial score (nSPS) is 16.0. The van der Waals surface area contributed by atoms with Gasteiger partial charge in [0.1, 0.15) is 0 Å². The molecular weight excluding hydrogens is 318 g/mol. The summed E-state index contributed by atoms with van der Waals surface area (Å²) < 4.78 is 3.09. The predicted molar refractivity (Wildman–Crippen MR) is 95.4 cm³/mol. The molecule has 134 valence electrons. The van der Waals surface area contributed by atoms with E-state index in [1.54, 1.807) is 24.0 Å². The Balaban J connectivity index is 1.59. The third-order valence-corrected chi connectivity index (χ3v) is 4.51. The summed E-state index contributed by atoms with van der Waals surface area (Å²) in [5.41, 5.74) is 1.59. The Morgan fingerprint density at radius 1 is 1.20 bits per heavy atom. The van der Waals surface area contributed by atoms with Crippen molar-refractivity contribution in [1.29, 1.82) is 0 Å². The molecule has 0 radical (unpaired) electrons. The van der Waals surface area contributed by atoms with Crippen molar-refractivity contribution in [3.05, 3.63) is 56.6 Å². The average molecular weight is 343 g/mol. The fourth-order valence-corrected chi connectivity index (χ4v) is 3.05. The van der Waals surface area contributed by atoms with Crippen molar-refractivity contribution in [3.8, 4) is 0 Å². The van der Waals surface area contributed by atoms with Gasteiger partial charge in [-0.25, -0.2) is 14.5 Å². The van der Waals surface area contributed by atoms with Gasteiger partial charge in [-0.05, 0) is 6.07 Å². The Morgan fingerprint density at radius 2 is 1.92 bits per heavy atom. The lowest BCUT2D eigenvalue weighted by Gasteiger charge is -2.39. The highest BCUT2D eigenvalue weighted by atomic mass is 16.1. The zero-order chi connectivity index (χ0) is 18.2. The van der Waals surface area contributed by atoms with Crippen LogP contribution >= 0.6 is 0 Å². The molecule has 3 heterocycles. The highest BCUT2D eigenvalue weighted by Gasteiger charge is 2.28. The van der Waals surface area contributed by atoms with E-state index in [1.165, 1.54) is 4.57 Å². The molecule has 1 aliphatic heterocycles. The highest BCUT2D eigenvalue weighted by Crippen LogP contribution is 2.21. The summed E-state index contributed by atoms with van der Waals surface area (Å²) in [4.78, 5) is 29.5. The highest BCUT2D eigenvalue weighted by molar-refractivity contribution is 5.11. The maximum Gasteiger partial charge on any atom is 0.347 e. The summed E-state index contributed by atoms with van der Waals surface area (Å²) in [5.74, 6) is 0.418. The molecule has 1 saturated heterocycles. The molecule has 0 aliphatic carbocycles. The van der Waals surface area contributed by atoms with Crippen LogP contribution in [0.15, 0.2) is 34.1 Å². The molecule has 0 atom stereocenters. The van der Waals surface area contributed by atoms with E-state index in [0.717, 1.165) is 30.9 Å². The summed E-state index contributed by atoms with van der Waals surface area (Å²) in [5, 5.41) is 4.53. The van der Waals surface area contributed by atoms with Crippen molar-refractivity contribution >= 4 is 0 Å². The number of aryl methyl sites for hydroxylation is 1. The average Bonchev–Trinajstić information content (AvgIpc) is 2.49. The second kappa shape index (κ2) is 6.55. The molecule has 2 aromatic heterocycles. The molecular formula is C18H25N5O2. The van der Waals surface area contributed by atoms with Crippen molar-refractivity contribution in [2.24, 2.45) is 13.0 Å². The van der Waals surface area contributed by atoms with E-state index in [0.29, 0.717) is 12.5 Å². The summed E-state index contributed by atoms with van der Waals surface area (Å²) in [6, 6.07) is 3.43. The number of hydrogen-bond donors (Lipinski definition) is 0. The first-order valence-corrected chi connectivity index (χ1v) is 8.55. The minimum atomic E-state index is -0.241. The van der Waals surface area contributed by atoms with Crippen LogP contribution in [0.2, 0.25) is 0 Å². The quantitative estimate of drug-likeness (QED) is 0.820. The minimum Gasteiger partial charge on any atom is -0.302 e. The van der Waals surface area contributed by atoms with Gasteiger partial charge in [0.15, 0.2) is 0 Å². The molecule has 0 bridgehead atoms. The van der Waals surface area contributed by atoms with Crippen molar-refractivity contribution in [3.63, 3.8) is 0 Å². The third-order valence-electron chi connectivity index (χ3n) is 4.51. The SMILES string of the molecule is Cn1cc(CN2CC(Cn3nc(C(C)(C)C)ccc3=O)C2)cnc1=O. The van der Waals surface area contributed by atoms with Crippen LogP contribution in [0.1, 0.15) is 32.0 Å². The maximum atomic E-state index is 12.1. The lowest BCUT2D eigenvalue weighted by atomic mass is 9.92. The standard InChI is InChI=1S/C18H25N5O2/c1-18(2,3)15-5-6-16(24)23(20-15)12-14-10-22(11-14)9-13-7-19-17(25)21(4)8-13/h5-8,14H,9-12H2,1-4H3. The number of rotatable bonds is 4. The Kier molecular flexibility index (Phi) is 4.60. The fourth-order valence-electron chi connectivity index (χ4n) is 3.05. The van der Waals surface area contributed by atoms with Gasteiger partial charge in [0.25, 0.3) is 5.56 Å². The second-order valence-electron chi connectivity index (χ2n) is 7.90. The van der Waals surface area contributed by atoms with E-state index in [2.05, 4.69) is 35.8 Å². The molecule has 1 fully saturated rings. The number of nitrogens with zero attached hydrogens (tertiary/aromatic N) is 5. The topological polar surface area (TPSA) is 73.0 Å². The zero-order valence-electron chi connectivity index (χ0n) is 15.3. The van der Waals surface area contributed by atoms with Gasteiger partial charge in [-0.1, -0.05) is 20.8 Å². The molecule has 0 aromatic carbocycles. The van der Waals surface area contributed by atoms with Crippen molar-refractivity contribution in [1.82, 2.24) is 24.2 Å². The molecule has 0 amide bonds. The predicted octanol–water partition coefficient (Wildman–Crippen LogP) is 0.766. The second-order valence-corrected chi connectivity index (χ2v) is 7.90. The molecule has 25 heavy (non-hydrogen) atoms. The van der Waals surface area contributed by atoms with E-state index in [9.17, 15) is 9.59 Å². The van der Waals surface area contributed by atoms with Gasteiger partial charge >= 0.3 is 5.69 Å². The van der Waals surface area contributed by atoms with Crippen LogP contribution < -0.4 is 11.2 Å². The summed E-state index contributed by atoms with van der Waals surface area (Å²) in [6.07, 6.45) is 3.45. The van der Waals surface area contributed by atoms with Crippen molar-refractivity contribution in [2.75, 3.05) is 13.1 Å². The molecule has 1 aliphatic rings. The third kappa shape index (κ3) is 4.04. The molecule has 0 unspecified atom stereocenters. The minimum absolute atomic E-state index is 0.0475. The smallest absolute Gasteiger partial charge is 0.302 e. The fraction of sp³-hybridized carbons (Fsp3) is 0.556. The number of hydrogen-bond acceptors (Lipinski definition) is 5. The van der Waals surface area contributed by atoms with Crippen molar-refractivity contribution in [2.45, 2.75) is 39.3 Å². The Hall–Kier alpha value is -2.28. The van der Waals surface area contributed by atoms with E-state index in [-0.39, 0.29) is 16.7 Å². The monoisotopic (exact) mass is 343 g/mol. The summed E-state index contributed by atoms with van der Waals surface area (Å²) >= 11 is 0. The summed E-state index contributed by atoms with van der Waals surface area (Å²) in [6.45, 7) is 9.52.